The minimum absolute atomic E-state index is 0.0476. The summed E-state index contributed by atoms with van der Waals surface area (Å²) in [6, 6.07) is 0.179. The molecule has 0 radical (unpaired) electrons. The number of carbonyl (C=O) groups is 2. The predicted octanol–water partition coefficient (Wildman–Crippen LogP) is -0.794. The molecule has 0 fully saturated rings. The van der Waals surface area contributed by atoms with E-state index in [1.807, 2.05) is 6.92 Å². The molecule has 0 aliphatic rings. The molecular weight excluding hydrogens is 362 g/mol. The number of nitrogens with one attached hydrogen (secondary N) is 4. The largest absolute Gasteiger partial charge is 0.370 e. The number of hydrogen-bond acceptors (Lipinski definition) is 6. The van der Waals surface area contributed by atoms with Crippen LogP contribution in [0, 0.1) is 5.41 Å². The number of unbranched alkanes of at least 4 members (excludes halogenated alkanes) is 2. The van der Waals surface area contributed by atoms with Gasteiger partial charge < -0.3 is 38.3 Å². The lowest BCUT2D eigenvalue weighted by Gasteiger charge is -2.15. The first-order valence-electron chi connectivity index (χ1n) is 10.1. The maximum absolute atomic E-state index is 11.8. The van der Waals surface area contributed by atoms with Gasteiger partial charge in [-0.1, -0.05) is 12.8 Å². The summed E-state index contributed by atoms with van der Waals surface area (Å²) >= 11 is 0. The quantitative estimate of drug-likeness (QED) is 0.0718. The minimum Gasteiger partial charge on any atom is -0.370 e. The van der Waals surface area contributed by atoms with Crippen molar-refractivity contribution in [2.75, 3.05) is 13.1 Å². The Morgan fingerprint density at radius 3 is 2.36 bits per heavy atom. The molecule has 10 nitrogen and oxygen atoms in total. The van der Waals surface area contributed by atoms with Crippen LogP contribution in [0.15, 0.2) is 0 Å². The summed E-state index contributed by atoms with van der Waals surface area (Å²) in [7, 11) is 0. The summed E-state index contributed by atoms with van der Waals surface area (Å²) in [5.74, 6) is -1.03. The summed E-state index contributed by atoms with van der Waals surface area (Å²) in [5, 5.41) is 24.6. The van der Waals surface area contributed by atoms with Gasteiger partial charge in [0.15, 0.2) is 5.96 Å². The summed E-state index contributed by atoms with van der Waals surface area (Å²) in [6.45, 7) is 2.96. The third-order valence-electron chi connectivity index (χ3n) is 4.32. The van der Waals surface area contributed by atoms with E-state index in [1.165, 1.54) is 0 Å². The third kappa shape index (κ3) is 15.2. The normalized spacial score (nSPS) is 14.0. The van der Waals surface area contributed by atoms with Crippen LogP contribution < -0.4 is 33.2 Å². The fourth-order valence-electron chi connectivity index (χ4n) is 2.74. The number of amides is 2. The van der Waals surface area contributed by atoms with E-state index >= 15 is 0 Å². The Labute approximate surface area is 167 Å². The number of aliphatic hydroxyl groups is 1. The van der Waals surface area contributed by atoms with Crippen LogP contribution in [-0.2, 0) is 9.59 Å². The number of guanidine groups is 1. The van der Waals surface area contributed by atoms with Gasteiger partial charge in [0.25, 0.3) is 5.91 Å². The number of nitrogens with two attached hydrogens (primary N) is 3. The molecule has 11 N–H and O–H groups in total. The molecule has 0 bridgehead atoms. The SMILES string of the molecule is CC(CCCCCC(=O)NC(O)C(=O)NCCCC(N)CCCN)NC(=N)N. The molecule has 10 heteroatoms. The highest BCUT2D eigenvalue weighted by Gasteiger charge is 2.16. The van der Waals surface area contributed by atoms with Crippen molar-refractivity contribution in [1.29, 1.82) is 5.41 Å². The van der Waals surface area contributed by atoms with Gasteiger partial charge in [-0.3, -0.25) is 15.0 Å². The molecule has 0 saturated carbocycles. The number of aliphatic hydroxyl groups excluding tert-OH is 1. The van der Waals surface area contributed by atoms with Crippen LogP contribution in [-0.4, -0.2) is 54.3 Å². The highest BCUT2D eigenvalue weighted by atomic mass is 16.3. The first kappa shape index (κ1) is 26.1. The standard InChI is InChI=1S/C18H39N7O3/c1-13(24-18(21)22)7-3-2-4-10-15(26)25-17(28)16(27)23-12-6-9-14(20)8-5-11-19/h13-14,17,28H,2-12,19-20H2,1H3,(H,23,27)(H,25,26)(H4,21,22,24). The van der Waals surface area contributed by atoms with E-state index in [0.717, 1.165) is 38.5 Å². The van der Waals surface area contributed by atoms with E-state index in [-0.39, 0.29) is 30.4 Å². The predicted molar refractivity (Wildman–Crippen MR) is 110 cm³/mol. The van der Waals surface area contributed by atoms with E-state index in [9.17, 15) is 14.7 Å². The van der Waals surface area contributed by atoms with E-state index in [2.05, 4.69) is 16.0 Å². The molecule has 2 amide bonds. The Hall–Kier alpha value is -1.91. The smallest absolute Gasteiger partial charge is 0.269 e. The Kier molecular flexibility index (Phi) is 15.0. The summed E-state index contributed by atoms with van der Waals surface area (Å²) in [5.41, 5.74) is 16.6. The van der Waals surface area contributed by atoms with Gasteiger partial charge in [0.05, 0.1) is 0 Å². The molecule has 3 atom stereocenters. The van der Waals surface area contributed by atoms with Crippen LogP contribution in [0.1, 0.15) is 64.7 Å². The van der Waals surface area contributed by atoms with Crippen molar-refractivity contribution in [1.82, 2.24) is 16.0 Å². The Morgan fingerprint density at radius 2 is 1.71 bits per heavy atom. The highest BCUT2D eigenvalue weighted by Crippen LogP contribution is 2.06. The molecule has 164 valence electrons. The monoisotopic (exact) mass is 401 g/mol. The average Bonchev–Trinajstić information content (AvgIpc) is 2.62. The molecule has 3 unspecified atom stereocenters. The second-order valence-corrected chi connectivity index (χ2v) is 7.15. The van der Waals surface area contributed by atoms with Crippen molar-refractivity contribution in [3.63, 3.8) is 0 Å². The highest BCUT2D eigenvalue weighted by molar-refractivity contribution is 5.86. The van der Waals surface area contributed by atoms with Crippen molar-refractivity contribution in [3.05, 3.63) is 0 Å². The lowest BCUT2D eigenvalue weighted by molar-refractivity contribution is -0.136. The zero-order valence-corrected chi connectivity index (χ0v) is 17.0. The molecule has 0 saturated heterocycles. The van der Waals surface area contributed by atoms with Gasteiger partial charge in [-0.2, -0.15) is 0 Å². The van der Waals surface area contributed by atoms with Gasteiger partial charge in [-0.15, -0.1) is 0 Å². The van der Waals surface area contributed by atoms with Crippen LogP contribution >= 0.6 is 0 Å². The summed E-state index contributed by atoms with van der Waals surface area (Å²) < 4.78 is 0. The molecule has 0 aromatic rings. The van der Waals surface area contributed by atoms with Crippen molar-refractivity contribution in [2.24, 2.45) is 17.2 Å². The fourth-order valence-corrected chi connectivity index (χ4v) is 2.74. The minimum atomic E-state index is -1.54. The molecular formula is C18H39N7O3. The first-order valence-corrected chi connectivity index (χ1v) is 10.1. The van der Waals surface area contributed by atoms with Crippen molar-refractivity contribution in [3.8, 4) is 0 Å². The number of rotatable bonds is 16. The van der Waals surface area contributed by atoms with Crippen LogP contribution in [0.2, 0.25) is 0 Å². The van der Waals surface area contributed by atoms with Gasteiger partial charge in [-0.25, -0.2) is 0 Å². The molecule has 0 aliphatic carbocycles. The number of hydrogen-bond donors (Lipinski definition) is 8. The maximum atomic E-state index is 11.8. The van der Waals surface area contributed by atoms with Gasteiger partial charge in [0.1, 0.15) is 0 Å². The van der Waals surface area contributed by atoms with E-state index in [0.29, 0.717) is 25.9 Å². The van der Waals surface area contributed by atoms with Gasteiger partial charge in [0, 0.05) is 25.0 Å². The molecule has 28 heavy (non-hydrogen) atoms. The third-order valence-corrected chi connectivity index (χ3v) is 4.32. The molecule has 0 aromatic carbocycles. The first-order chi connectivity index (χ1) is 13.3. The molecule has 0 heterocycles. The zero-order chi connectivity index (χ0) is 21.4. The Balaban J connectivity index is 3.75. The molecule has 0 spiro atoms. The Bertz CT molecular complexity index is 462. The van der Waals surface area contributed by atoms with Crippen LogP contribution in [0.5, 0.6) is 0 Å². The Morgan fingerprint density at radius 1 is 1.04 bits per heavy atom. The molecule has 0 aromatic heterocycles. The fraction of sp³-hybridized carbons (Fsp3) is 0.833. The van der Waals surface area contributed by atoms with Crippen LogP contribution in [0.4, 0.5) is 0 Å². The summed E-state index contributed by atoms with van der Waals surface area (Å²) in [4.78, 5) is 23.6. The van der Waals surface area contributed by atoms with Gasteiger partial charge in [0.2, 0.25) is 12.1 Å². The van der Waals surface area contributed by atoms with Crippen molar-refractivity contribution >= 4 is 17.8 Å². The second kappa shape index (κ2) is 16.1. The van der Waals surface area contributed by atoms with E-state index in [4.69, 9.17) is 22.6 Å². The topological polar surface area (TPSA) is 192 Å². The van der Waals surface area contributed by atoms with E-state index < -0.39 is 12.1 Å². The lowest BCUT2D eigenvalue weighted by Crippen LogP contribution is -2.46. The second-order valence-electron chi connectivity index (χ2n) is 7.15. The zero-order valence-electron chi connectivity index (χ0n) is 17.0. The molecule has 0 aliphatic heterocycles. The average molecular weight is 402 g/mol. The van der Waals surface area contributed by atoms with E-state index in [1.54, 1.807) is 0 Å². The number of carbonyl (C=O) groups excluding carboxylic acids is 2. The summed E-state index contributed by atoms with van der Waals surface area (Å²) in [6.07, 6.45) is 5.15. The molecule has 0 rings (SSSR count). The van der Waals surface area contributed by atoms with Crippen LogP contribution in [0.25, 0.3) is 0 Å². The van der Waals surface area contributed by atoms with Crippen molar-refractivity contribution < 1.29 is 14.7 Å². The van der Waals surface area contributed by atoms with Crippen LogP contribution in [0.3, 0.4) is 0 Å². The van der Waals surface area contributed by atoms with Gasteiger partial charge in [-0.05, 0) is 52.0 Å². The van der Waals surface area contributed by atoms with Crippen molar-refractivity contribution in [2.45, 2.75) is 83.0 Å². The lowest BCUT2D eigenvalue weighted by atomic mass is 10.1. The van der Waals surface area contributed by atoms with Gasteiger partial charge >= 0.3 is 0 Å². The maximum Gasteiger partial charge on any atom is 0.269 e.